The van der Waals surface area contributed by atoms with Crippen LogP contribution in [0.3, 0.4) is 0 Å². The van der Waals surface area contributed by atoms with E-state index in [9.17, 15) is 4.79 Å². The molecule has 0 radical (unpaired) electrons. The van der Waals surface area contributed by atoms with E-state index < -0.39 is 0 Å². The average Bonchev–Trinajstić information content (AvgIpc) is 2.52. The van der Waals surface area contributed by atoms with Crippen LogP contribution in [0.4, 0.5) is 5.69 Å². The van der Waals surface area contributed by atoms with Gasteiger partial charge in [0.25, 0.3) is 0 Å². The fourth-order valence-corrected chi connectivity index (χ4v) is 2.47. The molecule has 0 fully saturated rings. The molecule has 118 valence electrons. The zero-order valence-corrected chi connectivity index (χ0v) is 14.0. The molecule has 2 aromatic carbocycles. The second-order valence-corrected chi connectivity index (χ2v) is 5.91. The number of carbonyl (C=O) groups is 1. The van der Waals surface area contributed by atoms with E-state index in [2.05, 4.69) is 5.32 Å². The van der Waals surface area contributed by atoms with Crippen molar-refractivity contribution in [2.24, 2.45) is 0 Å². The van der Waals surface area contributed by atoms with Gasteiger partial charge in [0.15, 0.2) is 0 Å². The summed E-state index contributed by atoms with van der Waals surface area (Å²) in [5, 5.41) is 12.5. The Morgan fingerprint density at radius 3 is 2.57 bits per heavy atom. The maximum Gasteiger partial charge on any atom is 0.238 e. The summed E-state index contributed by atoms with van der Waals surface area (Å²) in [4.78, 5) is 13.9. The summed E-state index contributed by atoms with van der Waals surface area (Å²) in [6.07, 6.45) is 0. The summed E-state index contributed by atoms with van der Waals surface area (Å²) in [7, 11) is 1.83. The van der Waals surface area contributed by atoms with Crippen molar-refractivity contribution in [2.75, 3.05) is 18.9 Å². The third-order valence-corrected chi connectivity index (χ3v) is 4.04. The Hall–Kier alpha value is -2.06. The third kappa shape index (κ3) is 4.97. The maximum absolute atomic E-state index is 12.0. The van der Waals surface area contributed by atoms with E-state index in [1.807, 2.05) is 30.1 Å². The molecular formula is C17H15Cl2N3O. The maximum atomic E-state index is 12.0. The van der Waals surface area contributed by atoms with Crippen LogP contribution in [0, 0.1) is 11.3 Å². The minimum absolute atomic E-state index is 0.143. The summed E-state index contributed by atoms with van der Waals surface area (Å²) in [6, 6.07) is 14.2. The molecule has 0 bridgehead atoms. The van der Waals surface area contributed by atoms with Crippen LogP contribution in [0.2, 0.25) is 10.0 Å². The van der Waals surface area contributed by atoms with Crippen LogP contribution in [0.5, 0.6) is 0 Å². The number of hydrogen-bond acceptors (Lipinski definition) is 3. The number of anilines is 1. The van der Waals surface area contributed by atoms with Crippen LogP contribution in [0.1, 0.15) is 11.1 Å². The molecule has 0 atom stereocenters. The molecule has 0 unspecified atom stereocenters. The summed E-state index contributed by atoms with van der Waals surface area (Å²) in [6.45, 7) is 0.725. The van der Waals surface area contributed by atoms with Crippen molar-refractivity contribution < 1.29 is 4.79 Å². The first-order valence-electron chi connectivity index (χ1n) is 6.91. The smallest absolute Gasteiger partial charge is 0.238 e. The van der Waals surface area contributed by atoms with Crippen LogP contribution < -0.4 is 5.32 Å². The lowest BCUT2D eigenvalue weighted by atomic mass is 10.2. The standard InChI is InChI=1S/C17H15Cl2N3O/c1-22(10-13-3-2-4-15(18)17(13)19)11-16(23)21-14-7-5-12(9-20)6-8-14/h2-8H,10-11H2,1H3,(H,21,23). The predicted molar refractivity (Wildman–Crippen MR) is 92.6 cm³/mol. The Kier molecular flexibility index (Phi) is 6.00. The highest BCUT2D eigenvalue weighted by molar-refractivity contribution is 6.42. The molecule has 1 N–H and O–H groups in total. The highest BCUT2D eigenvalue weighted by Gasteiger charge is 2.11. The van der Waals surface area contributed by atoms with E-state index >= 15 is 0 Å². The first-order chi connectivity index (χ1) is 11.0. The lowest BCUT2D eigenvalue weighted by Crippen LogP contribution is -2.29. The Bertz CT molecular complexity index is 738. The van der Waals surface area contributed by atoms with Gasteiger partial charge in [-0.1, -0.05) is 35.3 Å². The number of halogens is 2. The monoisotopic (exact) mass is 347 g/mol. The predicted octanol–water partition coefficient (Wildman–Crippen LogP) is 3.94. The van der Waals surface area contributed by atoms with E-state index in [1.165, 1.54) is 0 Å². The number of rotatable bonds is 5. The van der Waals surface area contributed by atoms with Gasteiger partial charge >= 0.3 is 0 Å². The first-order valence-corrected chi connectivity index (χ1v) is 7.66. The van der Waals surface area contributed by atoms with E-state index in [1.54, 1.807) is 30.3 Å². The highest BCUT2D eigenvalue weighted by atomic mass is 35.5. The number of nitrogens with zero attached hydrogens (tertiary/aromatic N) is 2. The Labute approximate surface area is 145 Å². The van der Waals surface area contributed by atoms with Crippen LogP contribution >= 0.6 is 23.2 Å². The van der Waals surface area contributed by atoms with Gasteiger partial charge in [-0.2, -0.15) is 5.26 Å². The van der Waals surface area contributed by atoms with Gasteiger partial charge in [-0.15, -0.1) is 0 Å². The molecule has 0 heterocycles. The molecule has 2 rings (SSSR count). The molecule has 1 amide bonds. The number of nitriles is 1. The van der Waals surface area contributed by atoms with Gasteiger partial charge in [-0.05, 0) is 42.9 Å². The highest BCUT2D eigenvalue weighted by Crippen LogP contribution is 2.26. The van der Waals surface area contributed by atoms with E-state index in [0.29, 0.717) is 27.8 Å². The minimum atomic E-state index is -0.143. The van der Waals surface area contributed by atoms with Gasteiger partial charge in [0.2, 0.25) is 5.91 Å². The molecule has 0 spiro atoms. The molecular weight excluding hydrogens is 333 g/mol. The summed E-state index contributed by atoms with van der Waals surface area (Å²) in [5.41, 5.74) is 2.08. The van der Waals surface area contributed by atoms with E-state index in [0.717, 1.165) is 5.56 Å². The summed E-state index contributed by atoms with van der Waals surface area (Å²) in [5.74, 6) is -0.143. The van der Waals surface area contributed by atoms with Crippen LogP contribution in [0.25, 0.3) is 0 Å². The van der Waals surface area contributed by atoms with Crippen LogP contribution in [-0.2, 0) is 11.3 Å². The van der Waals surface area contributed by atoms with Crippen molar-refractivity contribution in [3.05, 3.63) is 63.6 Å². The molecule has 6 heteroatoms. The molecule has 0 aliphatic carbocycles. The zero-order valence-electron chi connectivity index (χ0n) is 12.5. The van der Waals surface area contributed by atoms with Crippen molar-refractivity contribution in [3.63, 3.8) is 0 Å². The summed E-state index contributed by atoms with van der Waals surface area (Å²) < 4.78 is 0. The summed E-state index contributed by atoms with van der Waals surface area (Å²) >= 11 is 12.1. The molecule has 0 aromatic heterocycles. The Balaban J connectivity index is 1.91. The first kappa shape index (κ1) is 17.3. The fraction of sp³-hybridized carbons (Fsp3) is 0.176. The number of likely N-dealkylation sites (N-methyl/N-ethyl adjacent to an activating group) is 1. The molecule has 2 aromatic rings. The molecule has 0 aliphatic rings. The molecule has 0 saturated carbocycles. The van der Waals surface area contributed by atoms with Crippen LogP contribution in [-0.4, -0.2) is 24.4 Å². The van der Waals surface area contributed by atoms with Gasteiger partial charge in [-0.3, -0.25) is 9.69 Å². The lowest BCUT2D eigenvalue weighted by molar-refractivity contribution is -0.117. The zero-order chi connectivity index (χ0) is 16.8. The van der Waals surface area contributed by atoms with Crippen molar-refractivity contribution in [3.8, 4) is 6.07 Å². The number of amides is 1. The number of carbonyl (C=O) groups excluding carboxylic acids is 1. The number of nitrogens with one attached hydrogen (secondary N) is 1. The van der Waals surface area contributed by atoms with Gasteiger partial charge in [0.1, 0.15) is 0 Å². The van der Waals surface area contributed by atoms with Crippen molar-refractivity contribution in [2.45, 2.75) is 6.54 Å². The Morgan fingerprint density at radius 1 is 1.22 bits per heavy atom. The second kappa shape index (κ2) is 7.98. The van der Waals surface area contributed by atoms with Gasteiger partial charge in [-0.25, -0.2) is 0 Å². The van der Waals surface area contributed by atoms with Gasteiger partial charge < -0.3 is 5.32 Å². The van der Waals surface area contributed by atoms with Gasteiger partial charge in [0.05, 0.1) is 28.2 Å². The number of benzene rings is 2. The van der Waals surface area contributed by atoms with E-state index in [4.69, 9.17) is 28.5 Å². The molecule has 0 aliphatic heterocycles. The lowest BCUT2D eigenvalue weighted by Gasteiger charge is -2.17. The van der Waals surface area contributed by atoms with Crippen LogP contribution in [0.15, 0.2) is 42.5 Å². The second-order valence-electron chi connectivity index (χ2n) is 5.12. The topological polar surface area (TPSA) is 56.1 Å². The average molecular weight is 348 g/mol. The SMILES string of the molecule is CN(CC(=O)Nc1ccc(C#N)cc1)Cc1cccc(Cl)c1Cl. The molecule has 23 heavy (non-hydrogen) atoms. The molecule has 0 saturated heterocycles. The fourth-order valence-electron chi connectivity index (χ4n) is 2.09. The van der Waals surface area contributed by atoms with Crippen molar-refractivity contribution >= 4 is 34.8 Å². The third-order valence-electron chi connectivity index (χ3n) is 3.18. The minimum Gasteiger partial charge on any atom is -0.325 e. The Morgan fingerprint density at radius 2 is 1.91 bits per heavy atom. The van der Waals surface area contributed by atoms with Crippen molar-refractivity contribution in [1.29, 1.82) is 5.26 Å². The normalized spacial score (nSPS) is 10.4. The van der Waals surface area contributed by atoms with E-state index in [-0.39, 0.29) is 12.5 Å². The quantitative estimate of drug-likeness (QED) is 0.891. The largest absolute Gasteiger partial charge is 0.325 e. The molecule has 4 nitrogen and oxygen atoms in total. The number of hydrogen-bond donors (Lipinski definition) is 1. The van der Waals surface area contributed by atoms with Gasteiger partial charge in [0, 0.05) is 12.2 Å². The van der Waals surface area contributed by atoms with Crippen molar-refractivity contribution in [1.82, 2.24) is 4.90 Å².